The number of rotatable bonds is 2. The molecule has 1 aromatic heterocycles. The summed E-state index contributed by atoms with van der Waals surface area (Å²) >= 11 is 5.28. The van der Waals surface area contributed by atoms with Crippen LogP contribution in [0.5, 0.6) is 0 Å². The fraction of sp³-hybridized carbons (Fsp3) is 0. The summed E-state index contributed by atoms with van der Waals surface area (Å²) in [6, 6.07) is 0.938. The van der Waals surface area contributed by atoms with E-state index in [4.69, 9.17) is 11.6 Å². The molecule has 0 aliphatic heterocycles. The molecule has 0 spiro atoms. The Balaban J connectivity index is 3.16. The molecule has 0 aliphatic carbocycles. The Bertz CT molecular complexity index is 366. The molecule has 0 radical (unpaired) electrons. The zero-order valence-corrected chi connectivity index (χ0v) is 6.24. The molecule has 0 unspecified atom stereocenters. The summed E-state index contributed by atoms with van der Waals surface area (Å²) in [5.41, 5.74) is -0.425. The molecule has 62 valence electrons. The van der Waals surface area contributed by atoms with Gasteiger partial charge in [0.2, 0.25) is 12.0 Å². The molecule has 0 aromatic carbocycles. The Hall–Kier alpha value is -1.65. The zero-order chi connectivity index (χ0) is 9.14. The number of nitrogens with zero attached hydrogens (tertiary/aromatic N) is 2. The van der Waals surface area contributed by atoms with E-state index in [0.29, 0.717) is 0 Å². The number of aliphatic imine (C=N–C) groups is 1. The van der Waals surface area contributed by atoms with Crippen LogP contribution in [0.4, 0.5) is 11.6 Å². The Morgan fingerprint density at radius 1 is 1.75 bits per heavy atom. The highest BCUT2D eigenvalue weighted by molar-refractivity contribution is 6.31. The molecule has 0 fully saturated rings. The fourth-order valence-corrected chi connectivity index (χ4v) is 0.774. The second-order valence-electron chi connectivity index (χ2n) is 1.70. The van der Waals surface area contributed by atoms with E-state index in [0.717, 1.165) is 12.1 Å². The first-order chi connectivity index (χ1) is 5.65. The van der Waals surface area contributed by atoms with Crippen LogP contribution in [0.1, 0.15) is 0 Å². The minimum atomic E-state index is -0.740. The summed E-state index contributed by atoms with van der Waals surface area (Å²) in [5, 5.41) is 9.75. The largest absolute Gasteiger partial charge is 0.419 e. The van der Waals surface area contributed by atoms with E-state index >= 15 is 0 Å². The fourth-order valence-electron chi connectivity index (χ4n) is 0.572. The molecule has 1 heterocycles. The lowest BCUT2D eigenvalue weighted by Crippen LogP contribution is -1.83. The van der Waals surface area contributed by atoms with Gasteiger partial charge >= 0.3 is 5.69 Å². The third-order valence-corrected chi connectivity index (χ3v) is 1.28. The first kappa shape index (κ1) is 8.45. The van der Waals surface area contributed by atoms with E-state index in [1.54, 1.807) is 0 Å². The van der Waals surface area contributed by atoms with Crippen molar-refractivity contribution in [2.75, 3.05) is 0 Å². The summed E-state index contributed by atoms with van der Waals surface area (Å²) in [4.78, 5) is 22.1. The van der Waals surface area contributed by atoms with Gasteiger partial charge < -0.3 is 4.42 Å². The highest BCUT2D eigenvalue weighted by atomic mass is 35.5. The first-order valence-electron chi connectivity index (χ1n) is 2.66. The van der Waals surface area contributed by atoms with Gasteiger partial charge in [0.05, 0.1) is 11.0 Å². The quantitative estimate of drug-likeness (QED) is 0.307. The molecule has 0 amide bonds. The van der Waals surface area contributed by atoms with Crippen LogP contribution in [0.3, 0.4) is 0 Å². The van der Waals surface area contributed by atoms with E-state index in [1.807, 2.05) is 0 Å². The zero-order valence-electron chi connectivity index (χ0n) is 5.48. The topological polar surface area (TPSA) is 85.7 Å². The van der Waals surface area contributed by atoms with Gasteiger partial charge in [-0.25, -0.2) is 4.79 Å². The van der Waals surface area contributed by atoms with E-state index in [1.165, 1.54) is 0 Å². The maximum Gasteiger partial charge on any atom is 0.329 e. The summed E-state index contributed by atoms with van der Waals surface area (Å²) in [7, 11) is 0. The average molecular weight is 189 g/mol. The number of hydrogen-bond donors (Lipinski definition) is 0. The maximum atomic E-state index is 10.2. The highest BCUT2D eigenvalue weighted by Gasteiger charge is 2.18. The summed E-state index contributed by atoms with van der Waals surface area (Å²) in [5.74, 6) is -0.235. The predicted molar refractivity (Wildman–Crippen MR) is 38.2 cm³/mol. The summed E-state index contributed by atoms with van der Waals surface area (Å²) < 4.78 is 4.51. The van der Waals surface area contributed by atoms with Crippen molar-refractivity contribution < 1.29 is 14.1 Å². The van der Waals surface area contributed by atoms with Crippen LogP contribution < -0.4 is 0 Å². The van der Waals surface area contributed by atoms with Gasteiger partial charge in [-0.3, -0.25) is 10.1 Å². The van der Waals surface area contributed by atoms with E-state index in [9.17, 15) is 14.9 Å². The van der Waals surface area contributed by atoms with Gasteiger partial charge in [-0.05, 0) is 11.6 Å². The number of nitro groups is 1. The minimum absolute atomic E-state index is 0.235. The second kappa shape index (κ2) is 3.17. The Labute approximate surface area is 70.6 Å². The Kier molecular flexibility index (Phi) is 2.23. The molecule has 0 atom stereocenters. The number of hydrogen-bond acceptors (Lipinski definition) is 5. The third-order valence-electron chi connectivity index (χ3n) is 1.01. The Morgan fingerprint density at radius 3 is 2.83 bits per heavy atom. The predicted octanol–water partition coefficient (Wildman–Crippen LogP) is 1.81. The van der Waals surface area contributed by atoms with Gasteiger partial charge in [-0.1, -0.05) is 0 Å². The van der Waals surface area contributed by atoms with Crippen molar-refractivity contribution in [3.05, 3.63) is 21.4 Å². The summed E-state index contributed by atoms with van der Waals surface area (Å²) in [6.07, 6.45) is 1.16. The standard InChI is InChI=1S/C5HClN2O4/c6-5-3(8(10)11)1-4(12-5)7-2-9/h1H. The van der Waals surface area contributed by atoms with Crippen molar-refractivity contribution in [1.29, 1.82) is 0 Å². The van der Waals surface area contributed by atoms with Crippen LogP contribution in [-0.2, 0) is 4.79 Å². The molecule has 7 heteroatoms. The lowest BCUT2D eigenvalue weighted by atomic mass is 10.5. The normalized spacial score (nSPS) is 9.08. The van der Waals surface area contributed by atoms with Gasteiger partial charge in [0.25, 0.3) is 5.22 Å². The average Bonchev–Trinajstić information content (AvgIpc) is 2.32. The van der Waals surface area contributed by atoms with Crippen LogP contribution in [0.2, 0.25) is 5.22 Å². The van der Waals surface area contributed by atoms with Gasteiger partial charge in [0, 0.05) is 0 Å². The van der Waals surface area contributed by atoms with Crippen molar-refractivity contribution >= 4 is 29.3 Å². The number of isocyanates is 1. The second-order valence-corrected chi connectivity index (χ2v) is 2.05. The lowest BCUT2D eigenvalue weighted by molar-refractivity contribution is -0.385. The van der Waals surface area contributed by atoms with Crippen molar-refractivity contribution in [1.82, 2.24) is 0 Å². The van der Waals surface area contributed by atoms with Crippen LogP contribution in [0, 0.1) is 10.1 Å². The molecule has 12 heavy (non-hydrogen) atoms. The monoisotopic (exact) mass is 188 g/mol. The third kappa shape index (κ3) is 1.50. The van der Waals surface area contributed by atoms with Crippen molar-refractivity contribution in [3.63, 3.8) is 0 Å². The molecular weight excluding hydrogens is 188 g/mol. The van der Waals surface area contributed by atoms with Crippen molar-refractivity contribution in [2.24, 2.45) is 4.99 Å². The molecule has 1 rings (SSSR count). The molecule has 1 aromatic rings. The SMILES string of the molecule is O=C=Nc1cc([N+](=O)[O-])c(Cl)o1. The lowest BCUT2D eigenvalue weighted by Gasteiger charge is -1.80. The number of furan rings is 1. The molecule has 0 N–H and O–H groups in total. The molecule has 0 bridgehead atoms. The highest BCUT2D eigenvalue weighted by Crippen LogP contribution is 2.32. The maximum absolute atomic E-state index is 10.2. The van der Waals surface area contributed by atoms with Gasteiger partial charge in [-0.2, -0.15) is 0 Å². The van der Waals surface area contributed by atoms with Crippen LogP contribution >= 0.6 is 11.6 Å². The van der Waals surface area contributed by atoms with Crippen molar-refractivity contribution in [3.8, 4) is 0 Å². The van der Waals surface area contributed by atoms with E-state index < -0.39 is 15.8 Å². The van der Waals surface area contributed by atoms with E-state index in [2.05, 4.69) is 9.41 Å². The first-order valence-corrected chi connectivity index (χ1v) is 3.04. The molecule has 0 aliphatic rings. The minimum Gasteiger partial charge on any atom is -0.419 e. The molecular formula is C5HClN2O4. The van der Waals surface area contributed by atoms with Crippen molar-refractivity contribution in [2.45, 2.75) is 0 Å². The Morgan fingerprint density at radius 2 is 2.42 bits per heavy atom. The van der Waals surface area contributed by atoms with Crippen LogP contribution in [0.15, 0.2) is 15.5 Å². The smallest absolute Gasteiger partial charge is 0.329 e. The number of halogens is 1. The van der Waals surface area contributed by atoms with E-state index in [-0.39, 0.29) is 5.88 Å². The number of carbonyl (C=O) groups excluding carboxylic acids is 1. The molecule has 0 saturated carbocycles. The molecule has 0 saturated heterocycles. The van der Waals surface area contributed by atoms with Gasteiger partial charge in [0.1, 0.15) is 0 Å². The van der Waals surface area contributed by atoms with Gasteiger partial charge in [0.15, 0.2) is 0 Å². The van der Waals surface area contributed by atoms with Gasteiger partial charge in [-0.15, -0.1) is 4.99 Å². The summed E-state index contributed by atoms with van der Waals surface area (Å²) in [6.45, 7) is 0. The van der Waals surface area contributed by atoms with Crippen LogP contribution in [0.25, 0.3) is 0 Å². The molecule has 6 nitrogen and oxygen atoms in total. The van der Waals surface area contributed by atoms with Crippen LogP contribution in [-0.4, -0.2) is 11.0 Å².